The van der Waals surface area contributed by atoms with Crippen molar-refractivity contribution in [2.24, 2.45) is 0 Å². The number of benzene rings is 1. The van der Waals surface area contributed by atoms with Crippen molar-refractivity contribution in [3.63, 3.8) is 0 Å². The number of carboxylic acid groups (broad SMARTS) is 1. The zero-order valence-electron chi connectivity index (χ0n) is 9.58. The molecule has 0 fully saturated rings. The van der Waals surface area contributed by atoms with Crippen LogP contribution in [0.1, 0.15) is 16.4 Å². The number of imidazole rings is 1. The molecule has 19 heavy (non-hydrogen) atoms. The van der Waals surface area contributed by atoms with Crippen LogP contribution in [0, 0.1) is 0 Å². The van der Waals surface area contributed by atoms with Gasteiger partial charge in [-0.05, 0) is 23.7 Å². The normalized spacial score (nSPS) is 11.0. The molecule has 0 aliphatic carbocycles. The Hall–Kier alpha value is -2.34. The molecule has 96 valence electrons. The Kier molecular flexibility index (Phi) is 2.72. The first kappa shape index (κ1) is 11.7. The van der Waals surface area contributed by atoms with Crippen molar-refractivity contribution in [2.75, 3.05) is 0 Å². The number of oxazole rings is 1. The third kappa shape index (κ3) is 2.06. The van der Waals surface area contributed by atoms with Gasteiger partial charge in [0.25, 0.3) is 0 Å². The zero-order chi connectivity index (χ0) is 13.4. The van der Waals surface area contributed by atoms with Gasteiger partial charge in [0.2, 0.25) is 11.2 Å². The molecule has 0 saturated heterocycles. The van der Waals surface area contributed by atoms with Crippen LogP contribution in [0.3, 0.4) is 0 Å². The van der Waals surface area contributed by atoms with E-state index in [4.69, 9.17) is 21.1 Å². The summed E-state index contributed by atoms with van der Waals surface area (Å²) in [5.74, 6) is -0.862. The topological polar surface area (TPSA) is 81.1 Å². The Balaban J connectivity index is 2.00. The van der Waals surface area contributed by atoms with Crippen molar-refractivity contribution in [1.82, 2.24) is 14.5 Å². The maximum Gasteiger partial charge on any atom is 0.357 e. The summed E-state index contributed by atoms with van der Waals surface area (Å²) in [6.07, 6.45) is 1.10. The minimum atomic E-state index is -1.13. The van der Waals surface area contributed by atoms with Gasteiger partial charge in [0, 0.05) is 0 Å². The number of nitrogens with zero attached hydrogens (tertiary/aromatic N) is 3. The lowest BCUT2D eigenvalue weighted by Gasteiger charge is -2.01. The monoisotopic (exact) mass is 277 g/mol. The largest absolute Gasteiger partial charge is 0.476 e. The number of rotatable bonds is 3. The second-order valence-corrected chi connectivity index (χ2v) is 4.23. The SMILES string of the molecule is O=C(O)c1coc(Cn2c(Cl)nc3ccccc32)n1. The van der Waals surface area contributed by atoms with Crippen LogP contribution in [0.4, 0.5) is 0 Å². The van der Waals surface area contributed by atoms with Gasteiger partial charge < -0.3 is 14.1 Å². The van der Waals surface area contributed by atoms with E-state index in [0.717, 1.165) is 17.3 Å². The van der Waals surface area contributed by atoms with Crippen LogP contribution in [-0.4, -0.2) is 25.6 Å². The molecule has 6 nitrogen and oxygen atoms in total. The average Bonchev–Trinajstić information content (AvgIpc) is 2.96. The van der Waals surface area contributed by atoms with E-state index in [-0.39, 0.29) is 18.1 Å². The summed E-state index contributed by atoms with van der Waals surface area (Å²) < 4.78 is 6.81. The summed E-state index contributed by atoms with van der Waals surface area (Å²) in [5.41, 5.74) is 1.47. The summed E-state index contributed by atoms with van der Waals surface area (Å²) >= 11 is 6.05. The molecule has 2 heterocycles. The van der Waals surface area contributed by atoms with Crippen LogP contribution in [0.15, 0.2) is 34.9 Å². The Morgan fingerprint density at radius 2 is 2.16 bits per heavy atom. The van der Waals surface area contributed by atoms with E-state index in [1.807, 2.05) is 24.3 Å². The number of fused-ring (bicyclic) bond motifs is 1. The summed E-state index contributed by atoms with van der Waals surface area (Å²) in [6, 6.07) is 7.45. The number of hydrogen-bond donors (Lipinski definition) is 1. The number of halogens is 1. The highest BCUT2D eigenvalue weighted by molar-refractivity contribution is 6.29. The molecule has 0 aliphatic heterocycles. The van der Waals surface area contributed by atoms with E-state index in [2.05, 4.69) is 9.97 Å². The second-order valence-electron chi connectivity index (χ2n) is 3.89. The molecule has 0 amide bonds. The van der Waals surface area contributed by atoms with Gasteiger partial charge in [-0.2, -0.15) is 0 Å². The van der Waals surface area contributed by atoms with Crippen molar-refractivity contribution < 1.29 is 14.3 Å². The second kappa shape index (κ2) is 4.40. The number of para-hydroxylation sites is 2. The first-order valence-corrected chi connectivity index (χ1v) is 5.81. The fourth-order valence-electron chi connectivity index (χ4n) is 1.81. The van der Waals surface area contributed by atoms with E-state index in [1.165, 1.54) is 0 Å². The Morgan fingerprint density at radius 3 is 2.89 bits per heavy atom. The highest BCUT2D eigenvalue weighted by Gasteiger charge is 2.14. The lowest BCUT2D eigenvalue weighted by Crippen LogP contribution is -2.02. The van der Waals surface area contributed by atoms with Crippen LogP contribution in [-0.2, 0) is 6.54 Å². The summed E-state index contributed by atoms with van der Waals surface area (Å²) in [6.45, 7) is 0.229. The quantitative estimate of drug-likeness (QED) is 0.795. The number of hydrogen-bond acceptors (Lipinski definition) is 4. The average molecular weight is 278 g/mol. The van der Waals surface area contributed by atoms with Crippen LogP contribution >= 0.6 is 11.6 Å². The molecule has 0 bridgehead atoms. The van der Waals surface area contributed by atoms with Crippen molar-refractivity contribution in [3.05, 3.63) is 47.4 Å². The number of aromatic nitrogens is 3. The van der Waals surface area contributed by atoms with E-state index in [1.54, 1.807) is 4.57 Å². The molecule has 0 aliphatic rings. The minimum absolute atomic E-state index is 0.129. The maximum absolute atomic E-state index is 10.7. The Morgan fingerprint density at radius 1 is 1.37 bits per heavy atom. The van der Waals surface area contributed by atoms with Crippen LogP contribution < -0.4 is 0 Å². The summed E-state index contributed by atoms with van der Waals surface area (Å²) in [7, 11) is 0. The fraction of sp³-hybridized carbons (Fsp3) is 0.0833. The molecule has 0 radical (unpaired) electrons. The van der Waals surface area contributed by atoms with E-state index >= 15 is 0 Å². The lowest BCUT2D eigenvalue weighted by atomic mass is 10.3. The van der Waals surface area contributed by atoms with Gasteiger partial charge in [-0.15, -0.1) is 0 Å². The fourth-order valence-corrected chi connectivity index (χ4v) is 2.06. The molecule has 2 aromatic heterocycles. The van der Waals surface area contributed by atoms with Crippen molar-refractivity contribution in [1.29, 1.82) is 0 Å². The van der Waals surface area contributed by atoms with Gasteiger partial charge in [-0.1, -0.05) is 12.1 Å². The molecule has 3 aromatic rings. The molecule has 0 atom stereocenters. The molecule has 1 aromatic carbocycles. The van der Waals surface area contributed by atoms with Crippen molar-refractivity contribution >= 4 is 28.6 Å². The summed E-state index contributed by atoms with van der Waals surface area (Å²) in [4.78, 5) is 18.8. The molecule has 1 N–H and O–H groups in total. The van der Waals surface area contributed by atoms with Gasteiger partial charge in [-0.3, -0.25) is 0 Å². The lowest BCUT2D eigenvalue weighted by molar-refractivity contribution is 0.0690. The van der Waals surface area contributed by atoms with Gasteiger partial charge in [0.05, 0.1) is 11.0 Å². The van der Waals surface area contributed by atoms with Crippen LogP contribution in [0.2, 0.25) is 5.28 Å². The van der Waals surface area contributed by atoms with Gasteiger partial charge in [-0.25, -0.2) is 14.8 Å². The molecule has 0 unspecified atom stereocenters. The van der Waals surface area contributed by atoms with Crippen LogP contribution in [0.5, 0.6) is 0 Å². The highest BCUT2D eigenvalue weighted by Crippen LogP contribution is 2.20. The van der Waals surface area contributed by atoms with Gasteiger partial charge in [0.1, 0.15) is 12.8 Å². The third-order valence-electron chi connectivity index (χ3n) is 2.67. The third-order valence-corrected chi connectivity index (χ3v) is 2.96. The van der Waals surface area contributed by atoms with Crippen molar-refractivity contribution in [3.8, 4) is 0 Å². The Bertz CT molecular complexity index is 763. The predicted molar refractivity (Wildman–Crippen MR) is 67.3 cm³/mol. The smallest absolute Gasteiger partial charge is 0.357 e. The summed E-state index contributed by atoms with van der Waals surface area (Å²) in [5, 5.41) is 9.08. The molecule has 7 heteroatoms. The standard InChI is InChI=1S/C12H8ClN3O3/c13-12-15-7-3-1-2-4-9(7)16(12)5-10-14-8(6-19-10)11(17)18/h1-4,6H,5H2,(H,17,18). The predicted octanol–water partition coefficient (Wildman–Crippen LogP) is 2.42. The molecule has 3 rings (SSSR count). The van der Waals surface area contributed by atoms with Crippen molar-refractivity contribution in [2.45, 2.75) is 6.54 Å². The van der Waals surface area contributed by atoms with E-state index in [0.29, 0.717) is 5.28 Å². The molecular formula is C12H8ClN3O3. The molecular weight excluding hydrogens is 270 g/mol. The first-order chi connectivity index (χ1) is 9.15. The number of carbonyl (C=O) groups is 1. The molecule has 0 saturated carbocycles. The number of aromatic carboxylic acids is 1. The Labute approximate surface area is 112 Å². The minimum Gasteiger partial charge on any atom is -0.476 e. The van der Waals surface area contributed by atoms with E-state index < -0.39 is 5.97 Å². The zero-order valence-corrected chi connectivity index (χ0v) is 10.3. The van der Waals surface area contributed by atoms with E-state index in [9.17, 15) is 4.79 Å². The number of carboxylic acids is 1. The molecule has 0 spiro atoms. The van der Waals surface area contributed by atoms with Gasteiger partial charge in [0.15, 0.2) is 5.69 Å². The maximum atomic E-state index is 10.7. The first-order valence-electron chi connectivity index (χ1n) is 5.43. The van der Waals surface area contributed by atoms with Crippen LogP contribution in [0.25, 0.3) is 11.0 Å². The van der Waals surface area contributed by atoms with Gasteiger partial charge >= 0.3 is 5.97 Å². The highest BCUT2D eigenvalue weighted by atomic mass is 35.5.